The highest BCUT2D eigenvalue weighted by molar-refractivity contribution is 7.46. The Hall–Kier alpha value is -0.580. The molecule has 0 fully saturated rings. The first-order chi connectivity index (χ1) is 8.58. The van der Waals surface area contributed by atoms with Gasteiger partial charge in [-0.05, 0) is 0 Å². The fourth-order valence-electron chi connectivity index (χ4n) is 1.24. The van der Waals surface area contributed by atoms with Gasteiger partial charge in [0, 0.05) is 6.92 Å². The van der Waals surface area contributed by atoms with Gasteiger partial charge in [-0.15, -0.1) is 0 Å². The van der Waals surface area contributed by atoms with Crippen molar-refractivity contribution in [2.75, 3.05) is 13.2 Å². The third-order valence-corrected chi connectivity index (χ3v) is 2.64. The Labute approximate surface area is 108 Å². The van der Waals surface area contributed by atoms with Crippen molar-refractivity contribution in [2.45, 2.75) is 31.3 Å². The number of aliphatic hydroxyl groups excluding tert-OH is 4. The second-order valence-corrected chi connectivity index (χ2v) is 5.06. The van der Waals surface area contributed by atoms with Gasteiger partial charge in [-0.3, -0.25) is 9.32 Å². The number of amides is 1. The molecule has 0 aromatic rings. The number of phosphoric acid groups is 1. The number of hydrogen-bond acceptors (Lipinski definition) is 7. The van der Waals surface area contributed by atoms with Gasteiger partial charge in [0.2, 0.25) is 5.91 Å². The number of nitrogens with one attached hydrogen (secondary N) is 1. The maximum atomic E-state index is 10.8. The van der Waals surface area contributed by atoms with Crippen molar-refractivity contribution < 1.29 is 44.1 Å². The van der Waals surface area contributed by atoms with Gasteiger partial charge < -0.3 is 35.5 Å². The molecule has 0 rings (SSSR count). The molecule has 0 unspecified atom stereocenters. The van der Waals surface area contributed by atoms with Gasteiger partial charge >= 0.3 is 7.82 Å². The number of rotatable bonds is 8. The third-order valence-electron chi connectivity index (χ3n) is 2.16. The molecule has 0 aliphatic heterocycles. The molecule has 0 heterocycles. The Bertz CT molecular complexity index is 332. The molecule has 0 aromatic carbocycles. The molecule has 0 aromatic heterocycles. The first-order valence-electron chi connectivity index (χ1n) is 5.20. The van der Waals surface area contributed by atoms with E-state index in [1.807, 2.05) is 0 Å². The van der Waals surface area contributed by atoms with E-state index in [0.29, 0.717) is 0 Å². The van der Waals surface area contributed by atoms with Gasteiger partial charge in [0.1, 0.15) is 18.3 Å². The second kappa shape index (κ2) is 7.88. The van der Waals surface area contributed by atoms with Crippen LogP contribution in [0.1, 0.15) is 6.92 Å². The number of hydrogen-bond donors (Lipinski definition) is 7. The van der Waals surface area contributed by atoms with Crippen LogP contribution in [0.4, 0.5) is 0 Å². The summed E-state index contributed by atoms with van der Waals surface area (Å²) in [5.74, 6) is -0.578. The number of aliphatic hydroxyl groups is 4. The van der Waals surface area contributed by atoms with E-state index in [1.54, 1.807) is 0 Å². The van der Waals surface area contributed by atoms with E-state index in [0.717, 1.165) is 6.92 Å². The Morgan fingerprint density at radius 3 is 2.16 bits per heavy atom. The summed E-state index contributed by atoms with van der Waals surface area (Å²) in [6.07, 6.45) is -5.44. The van der Waals surface area contributed by atoms with E-state index in [4.69, 9.17) is 14.9 Å². The molecule has 114 valence electrons. The van der Waals surface area contributed by atoms with Crippen LogP contribution in [0.3, 0.4) is 0 Å². The first kappa shape index (κ1) is 18.4. The van der Waals surface area contributed by atoms with Gasteiger partial charge in [0.15, 0.2) is 0 Å². The van der Waals surface area contributed by atoms with E-state index in [-0.39, 0.29) is 0 Å². The van der Waals surface area contributed by atoms with Gasteiger partial charge in [-0.25, -0.2) is 4.57 Å². The fourth-order valence-corrected chi connectivity index (χ4v) is 1.58. The largest absolute Gasteiger partial charge is 0.469 e. The molecule has 0 aliphatic carbocycles. The van der Waals surface area contributed by atoms with E-state index in [1.165, 1.54) is 0 Å². The third kappa shape index (κ3) is 7.55. The summed E-state index contributed by atoms with van der Waals surface area (Å²) in [7, 11) is -4.81. The first-order valence-corrected chi connectivity index (χ1v) is 6.73. The van der Waals surface area contributed by atoms with Crippen LogP contribution in [-0.2, 0) is 13.9 Å². The second-order valence-electron chi connectivity index (χ2n) is 3.82. The predicted octanol–water partition coefficient (Wildman–Crippen LogP) is -3.32. The SMILES string of the molecule is CC(=O)N[C@@H](CO)[C@@H](O)[C@H](O)[C@H](O)COP(=O)(O)O. The van der Waals surface area contributed by atoms with Crippen molar-refractivity contribution in [3.63, 3.8) is 0 Å². The van der Waals surface area contributed by atoms with Crippen LogP contribution in [0.15, 0.2) is 0 Å². The van der Waals surface area contributed by atoms with Crippen LogP contribution in [0, 0.1) is 0 Å². The zero-order chi connectivity index (χ0) is 15.2. The molecule has 0 radical (unpaired) electrons. The van der Waals surface area contributed by atoms with Crippen LogP contribution in [0.25, 0.3) is 0 Å². The van der Waals surface area contributed by atoms with E-state index in [2.05, 4.69) is 9.84 Å². The quantitative estimate of drug-likeness (QED) is 0.226. The fraction of sp³-hybridized carbons (Fsp3) is 0.875. The highest BCUT2D eigenvalue weighted by Crippen LogP contribution is 2.35. The monoisotopic (exact) mass is 303 g/mol. The van der Waals surface area contributed by atoms with Gasteiger partial charge in [-0.2, -0.15) is 0 Å². The summed E-state index contributed by atoms with van der Waals surface area (Å²) in [6, 6.07) is -1.24. The van der Waals surface area contributed by atoms with Crippen molar-refractivity contribution in [3.8, 4) is 0 Å². The summed E-state index contributed by atoms with van der Waals surface area (Å²) >= 11 is 0. The van der Waals surface area contributed by atoms with Crippen molar-refractivity contribution >= 4 is 13.7 Å². The molecule has 0 bridgehead atoms. The average molecular weight is 303 g/mol. The molecule has 1 amide bonds. The lowest BCUT2D eigenvalue weighted by Crippen LogP contribution is -2.54. The van der Waals surface area contributed by atoms with Gasteiger partial charge in [0.05, 0.1) is 19.3 Å². The van der Waals surface area contributed by atoms with Crippen molar-refractivity contribution in [1.82, 2.24) is 5.32 Å². The highest BCUT2D eigenvalue weighted by Gasteiger charge is 2.32. The van der Waals surface area contributed by atoms with Crippen LogP contribution in [0.5, 0.6) is 0 Å². The number of carbonyl (C=O) groups is 1. The van der Waals surface area contributed by atoms with Gasteiger partial charge in [0.25, 0.3) is 0 Å². The van der Waals surface area contributed by atoms with Crippen molar-refractivity contribution in [3.05, 3.63) is 0 Å². The standard InChI is InChI=1S/C8H18NO9P/c1-4(11)9-5(2-10)7(13)8(14)6(12)3-18-19(15,16)17/h5-8,10,12-14H,2-3H2,1H3,(H,9,11)(H2,15,16,17)/t5-,6+,7+,8+/m0/s1. The summed E-state index contributed by atoms with van der Waals surface area (Å²) < 4.78 is 14.3. The smallest absolute Gasteiger partial charge is 0.394 e. The summed E-state index contributed by atoms with van der Waals surface area (Å²) in [5.41, 5.74) is 0. The average Bonchev–Trinajstić information content (AvgIpc) is 2.29. The Morgan fingerprint density at radius 2 is 1.79 bits per heavy atom. The number of carbonyl (C=O) groups excluding carboxylic acids is 1. The van der Waals surface area contributed by atoms with Crippen molar-refractivity contribution in [1.29, 1.82) is 0 Å². The lowest BCUT2D eigenvalue weighted by atomic mass is 10.0. The van der Waals surface area contributed by atoms with E-state index < -0.39 is 51.3 Å². The van der Waals surface area contributed by atoms with E-state index in [9.17, 15) is 24.7 Å². The van der Waals surface area contributed by atoms with E-state index >= 15 is 0 Å². The molecule has 10 nitrogen and oxygen atoms in total. The maximum Gasteiger partial charge on any atom is 0.469 e. The summed E-state index contributed by atoms with van der Waals surface area (Å²) in [5, 5.41) is 39.5. The molecule has 0 spiro atoms. The zero-order valence-corrected chi connectivity index (χ0v) is 11.0. The lowest BCUT2D eigenvalue weighted by Gasteiger charge is -2.28. The topological polar surface area (TPSA) is 177 Å². The molecule has 0 saturated carbocycles. The molecular formula is C8H18NO9P. The van der Waals surface area contributed by atoms with Crippen LogP contribution in [0.2, 0.25) is 0 Å². The zero-order valence-electron chi connectivity index (χ0n) is 10.1. The normalized spacial score (nSPS) is 18.5. The van der Waals surface area contributed by atoms with Crippen LogP contribution in [-0.4, -0.2) is 73.7 Å². The summed E-state index contributed by atoms with van der Waals surface area (Å²) in [6.45, 7) is -0.514. The van der Waals surface area contributed by atoms with Crippen LogP contribution >= 0.6 is 7.82 Å². The molecule has 0 saturated heterocycles. The number of phosphoric ester groups is 1. The molecule has 4 atom stereocenters. The minimum absolute atomic E-state index is 0.578. The molecule has 11 heteroatoms. The lowest BCUT2D eigenvalue weighted by molar-refractivity contribution is -0.124. The van der Waals surface area contributed by atoms with Gasteiger partial charge in [-0.1, -0.05) is 0 Å². The Kier molecular flexibility index (Phi) is 7.64. The maximum absolute atomic E-state index is 10.8. The predicted molar refractivity (Wildman–Crippen MR) is 60.7 cm³/mol. The van der Waals surface area contributed by atoms with Crippen LogP contribution < -0.4 is 5.32 Å². The molecule has 0 aliphatic rings. The minimum atomic E-state index is -4.81. The Morgan fingerprint density at radius 1 is 1.26 bits per heavy atom. The van der Waals surface area contributed by atoms with Crippen molar-refractivity contribution in [2.24, 2.45) is 0 Å². The molecule has 19 heavy (non-hydrogen) atoms. The molecule has 7 N–H and O–H groups in total. The molecular weight excluding hydrogens is 285 g/mol. The highest BCUT2D eigenvalue weighted by atomic mass is 31.2. The Balaban J connectivity index is 4.47. The summed E-state index contributed by atoms with van der Waals surface area (Å²) in [4.78, 5) is 27.6. The minimum Gasteiger partial charge on any atom is -0.394 e.